The van der Waals surface area contributed by atoms with Crippen LogP contribution in [0.25, 0.3) is 0 Å². The summed E-state index contributed by atoms with van der Waals surface area (Å²) in [6, 6.07) is 2.48. The van der Waals surface area contributed by atoms with Crippen molar-refractivity contribution in [2.24, 2.45) is 0 Å². The molecule has 1 aliphatic rings. The van der Waals surface area contributed by atoms with Crippen molar-refractivity contribution in [3.05, 3.63) is 26.7 Å². The number of hydrogen-bond donors (Lipinski definition) is 3. The van der Waals surface area contributed by atoms with Gasteiger partial charge in [0.25, 0.3) is 0 Å². The molecule has 0 spiro atoms. The van der Waals surface area contributed by atoms with E-state index in [0.29, 0.717) is 4.47 Å². The monoisotopic (exact) mass is 396 g/mol. The summed E-state index contributed by atoms with van der Waals surface area (Å²) in [7, 11) is 0. The lowest BCUT2D eigenvalue weighted by atomic mass is 9.99. The summed E-state index contributed by atoms with van der Waals surface area (Å²) in [5, 5.41) is 14.5. The van der Waals surface area contributed by atoms with Crippen LogP contribution in [0.4, 0.5) is 10.5 Å². The van der Waals surface area contributed by atoms with Gasteiger partial charge < -0.3 is 20.5 Å². The topological polar surface area (TPSA) is 87.7 Å². The fourth-order valence-electron chi connectivity index (χ4n) is 1.88. The standard InChI is InChI=1S/C12H11BrCl2N2O4/c13-6-1-2-7(9(15)8(6)14)16-11(20)17-12(10(18)19)3-4-21-5-12/h1-2H,3-5H2,(H,18,19)(H2,16,17,20). The molecule has 0 radical (unpaired) electrons. The number of anilines is 1. The third-order valence-corrected chi connectivity index (χ3v) is 4.84. The number of urea groups is 1. The molecule has 1 aromatic carbocycles. The fourth-order valence-corrected chi connectivity index (χ4v) is 2.70. The lowest BCUT2D eigenvalue weighted by Gasteiger charge is -2.24. The molecule has 2 amide bonds. The van der Waals surface area contributed by atoms with Crippen LogP contribution in [0.2, 0.25) is 10.0 Å². The van der Waals surface area contributed by atoms with E-state index in [1.54, 1.807) is 12.1 Å². The van der Waals surface area contributed by atoms with E-state index < -0.39 is 17.5 Å². The molecule has 1 aliphatic heterocycles. The van der Waals surface area contributed by atoms with Crippen molar-refractivity contribution < 1.29 is 19.4 Å². The van der Waals surface area contributed by atoms with Crippen molar-refractivity contribution in [2.75, 3.05) is 18.5 Å². The van der Waals surface area contributed by atoms with Gasteiger partial charge in [0.05, 0.1) is 22.3 Å². The van der Waals surface area contributed by atoms with E-state index in [9.17, 15) is 14.7 Å². The van der Waals surface area contributed by atoms with Crippen LogP contribution in [0.3, 0.4) is 0 Å². The molecular formula is C12H11BrCl2N2O4. The van der Waals surface area contributed by atoms with E-state index in [0.717, 1.165) is 0 Å². The molecule has 114 valence electrons. The van der Waals surface area contributed by atoms with E-state index in [1.165, 1.54) is 0 Å². The summed E-state index contributed by atoms with van der Waals surface area (Å²) in [6.07, 6.45) is 0.199. The van der Waals surface area contributed by atoms with Gasteiger partial charge in [-0.1, -0.05) is 23.2 Å². The van der Waals surface area contributed by atoms with E-state index in [-0.39, 0.29) is 35.4 Å². The highest BCUT2D eigenvalue weighted by Crippen LogP contribution is 2.35. The highest BCUT2D eigenvalue weighted by atomic mass is 79.9. The number of carboxylic acid groups (broad SMARTS) is 1. The molecule has 3 N–H and O–H groups in total. The summed E-state index contributed by atoms with van der Waals surface area (Å²) in [5.74, 6) is -1.14. The van der Waals surface area contributed by atoms with Crippen molar-refractivity contribution in [1.29, 1.82) is 0 Å². The van der Waals surface area contributed by atoms with Crippen molar-refractivity contribution in [2.45, 2.75) is 12.0 Å². The Morgan fingerprint density at radius 3 is 2.62 bits per heavy atom. The first-order valence-electron chi connectivity index (χ1n) is 5.89. The van der Waals surface area contributed by atoms with Gasteiger partial charge in [-0.05, 0) is 28.1 Å². The molecule has 0 bridgehead atoms. The van der Waals surface area contributed by atoms with Crippen LogP contribution >= 0.6 is 39.1 Å². The SMILES string of the molecule is O=C(Nc1ccc(Br)c(Cl)c1Cl)NC1(C(=O)O)CCOC1. The highest BCUT2D eigenvalue weighted by Gasteiger charge is 2.44. The molecule has 0 aliphatic carbocycles. The van der Waals surface area contributed by atoms with Crippen LogP contribution in [0.15, 0.2) is 16.6 Å². The number of carboxylic acids is 1. The van der Waals surface area contributed by atoms with Crippen LogP contribution in [-0.2, 0) is 9.53 Å². The normalized spacial score (nSPS) is 21.1. The van der Waals surface area contributed by atoms with Crippen molar-refractivity contribution in [3.63, 3.8) is 0 Å². The van der Waals surface area contributed by atoms with Crippen LogP contribution in [-0.4, -0.2) is 35.9 Å². The molecule has 1 fully saturated rings. The van der Waals surface area contributed by atoms with Crippen LogP contribution in [0, 0.1) is 0 Å². The second-order valence-corrected chi connectivity index (χ2v) is 6.10. The van der Waals surface area contributed by atoms with Gasteiger partial charge in [0.2, 0.25) is 0 Å². The number of aliphatic carboxylic acids is 1. The zero-order valence-corrected chi connectivity index (χ0v) is 13.7. The minimum absolute atomic E-state index is 0.0788. The number of halogens is 3. The Morgan fingerprint density at radius 2 is 2.05 bits per heavy atom. The summed E-state index contributed by atoms with van der Waals surface area (Å²) in [6.45, 7) is 0.196. The van der Waals surface area contributed by atoms with Gasteiger partial charge in [-0.3, -0.25) is 0 Å². The fraction of sp³-hybridized carbons (Fsp3) is 0.333. The van der Waals surface area contributed by atoms with Gasteiger partial charge >= 0.3 is 12.0 Å². The Bertz CT molecular complexity index is 591. The van der Waals surface area contributed by atoms with E-state index in [2.05, 4.69) is 26.6 Å². The molecule has 1 saturated heterocycles. The highest BCUT2D eigenvalue weighted by molar-refractivity contribution is 9.10. The van der Waals surface area contributed by atoms with Crippen molar-refractivity contribution >= 4 is 56.8 Å². The van der Waals surface area contributed by atoms with Gasteiger partial charge in [-0.2, -0.15) is 0 Å². The molecule has 0 saturated carbocycles. The van der Waals surface area contributed by atoms with Gasteiger partial charge in [0, 0.05) is 17.5 Å². The number of amides is 2. The predicted octanol–water partition coefficient (Wildman–Crippen LogP) is 3.12. The van der Waals surface area contributed by atoms with Crippen molar-refractivity contribution in [1.82, 2.24) is 5.32 Å². The average molecular weight is 398 g/mol. The number of benzene rings is 1. The molecule has 2 rings (SSSR count). The summed E-state index contributed by atoms with van der Waals surface area (Å²) >= 11 is 15.2. The quantitative estimate of drug-likeness (QED) is 0.683. The zero-order chi connectivity index (χ0) is 15.6. The Morgan fingerprint density at radius 1 is 1.33 bits per heavy atom. The Balaban J connectivity index is 2.12. The Kier molecular flexibility index (Phi) is 4.98. The maximum Gasteiger partial charge on any atom is 0.332 e. The van der Waals surface area contributed by atoms with E-state index in [1.807, 2.05) is 0 Å². The van der Waals surface area contributed by atoms with E-state index in [4.69, 9.17) is 27.9 Å². The molecule has 1 atom stereocenters. The summed E-state index contributed by atoms with van der Waals surface area (Å²) in [5.41, 5.74) is -1.14. The smallest absolute Gasteiger partial charge is 0.332 e. The number of rotatable bonds is 3. The van der Waals surface area contributed by atoms with Crippen LogP contribution in [0.5, 0.6) is 0 Å². The Hall–Kier alpha value is -1.02. The lowest BCUT2D eigenvalue weighted by molar-refractivity contribution is -0.144. The second kappa shape index (κ2) is 6.39. The lowest BCUT2D eigenvalue weighted by Crippen LogP contribution is -2.56. The number of carbonyl (C=O) groups excluding carboxylic acids is 1. The third kappa shape index (κ3) is 3.42. The molecule has 9 heteroatoms. The first-order chi connectivity index (χ1) is 9.85. The third-order valence-electron chi connectivity index (χ3n) is 3.07. The average Bonchev–Trinajstić information content (AvgIpc) is 2.89. The minimum atomic E-state index is -1.42. The largest absolute Gasteiger partial charge is 0.479 e. The molecule has 0 aromatic heterocycles. The predicted molar refractivity (Wildman–Crippen MR) is 82.1 cm³/mol. The van der Waals surface area contributed by atoms with E-state index >= 15 is 0 Å². The van der Waals surface area contributed by atoms with Gasteiger partial charge in [0.1, 0.15) is 0 Å². The number of hydrogen-bond acceptors (Lipinski definition) is 3. The Labute approximate surface area is 138 Å². The maximum absolute atomic E-state index is 12.0. The second-order valence-electron chi connectivity index (χ2n) is 4.49. The van der Waals surface area contributed by atoms with Gasteiger partial charge in [-0.15, -0.1) is 0 Å². The first kappa shape index (κ1) is 16.4. The van der Waals surface area contributed by atoms with Crippen LogP contribution in [0.1, 0.15) is 6.42 Å². The number of carbonyl (C=O) groups is 2. The zero-order valence-electron chi connectivity index (χ0n) is 10.6. The molecule has 1 aromatic rings. The molecule has 1 heterocycles. The van der Waals surface area contributed by atoms with Crippen LogP contribution < -0.4 is 10.6 Å². The molecule has 6 nitrogen and oxygen atoms in total. The summed E-state index contributed by atoms with van der Waals surface area (Å²) in [4.78, 5) is 23.3. The maximum atomic E-state index is 12.0. The molecular weight excluding hydrogens is 387 g/mol. The molecule has 1 unspecified atom stereocenters. The first-order valence-corrected chi connectivity index (χ1v) is 7.44. The minimum Gasteiger partial charge on any atom is -0.479 e. The van der Waals surface area contributed by atoms with Crippen molar-refractivity contribution in [3.8, 4) is 0 Å². The number of ether oxygens (including phenoxy) is 1. The van der Waals surface area contributed by atoms with Gasteiger partial charge in [-0.25, -0.2) is 9.59 Å². The molecule has 21 heavy (non-hydrogen) atoms. The number of nitrogens with one attached hydrogen (secondary N) is 2. The van der Waals surface area contributed by atoms with Gasteiger partial charge in [0.15, 0.2) is 5.54 Å². The summed E-state index contributed by atoms with van der Waals surface area (Å²) < 4.78 is 5.64.